The number of hydrogen-bond acceptors (Lipinski definition) is 3. The predicted molar refractivity (Wildman–Crippen MR) is 178 cm³/mol. The van der Waals surface area contributed by atoms with Gasteiger partial charge in [0, 0.05) is 56.0 Å². The van der Waals surface area contributed by atoms with E-state index in [4.69, 9.17) is 28.2 Å². The fraction of sp³-hybridized carbons (Fsp3) is 0.257. The predicted octanol–water partition coefficient (Wildman–Crippen LogP) is 10.2. The van der Waals surface area contributed by atoms with E-state index in [2.05, 4.69) is 49.0 Å². The normalized spacial score (nSPS) is 15.3. The summed E-state index contributed by atoms with van der Waals surface area (Å²) in [7, 11) is 0. The molecule has 0 aliphatic heterocycles. The van der Waals surface area contributed by atoms with Crippen LogP contribution < -0.4 is 5.32 Å². The van der Waals surface area contributed by atoms with E-state index in [9.17, 15) is 4.79 Å². The molecule has 1 aliphatic rings. The molecule has 42 heavy (non-hydrogen) atoms. The van der Waals surface area contributed by atoms with Crippen LogP contribution in [0.5, 0.6) is 0 Å². The molecule has 3 aromatic carbocycles. The molecule has 0 unspecified atom stereocenters. The molecule has 1 aliphatic carbocycles. The summed E-state index contributed by atoms with van der Waals surface area (Å²) in [5.74, 6) is 0.475. The molecule has 7 heteroatoms. The Kier molecular flexibility index (Phi) is 8.01. The lowest BCUT2D eigenvalue weighted by molar-refractivity contribution is 0.102. The molecule has 6 rings (SSSR count). The number of nitrogens with one attached hydrogen (secondary N) is 1. The van der Waals surface area contributed by atoms with Crippen molar-refractivity contribution >= 4 is 68.3 Å². The quantitative estimate of drug-likeness (QED) is 0.190. The third kappa shape index (κ3) is 5.92. The molecular weight excluding hydrogens is 581 g/mol. The summed E-state index contributed by atoms with van der Waals surface area (Å²) < 4.78 is 2.18. The number of rotatable bonds is 6. The number of aliphatic imine (C=N–C) groups is 1. The molecule has 0 spiro atoms. The van der Waals surface area contributed by atoms with E-state index in [0.717, 1.165) is 57.5 Å². The fourth-order valence-corrected chi connectivity index (χ4v) is 7.56. The van der Waals surface area contributed by atoms with Gasteiger partial charge >= 0.3 is 0 Å². The maximum Gasteiger partial charge on any atom is 0.259 e. The second-order valence-corrected chi connectivity index (χ2v) is 14.0. The fourth-order valence-electron chi connectivity index (χ4n) is 5.82. The van der Waals surface area contributed by atoms with Crippen LogP contribution in [0.25, 0.3) is 10.9 Å². The molecule has 1 amide bonds. The highest BCUT2D eigenvalue weighted by Gasteiger charge is 2.33. The minimum atomic E-state index is -0.0973. The summed E-state index contributed by atoms with van der Waals surface area (Å²) in [5.41, 5.74) is 5.93. The summed E-state index contributed by atoms with van der Waals surface area (Å²) in [6.45, 7) is 7.54. The lowest BCUT2D eigenvalue weighted by atomic mass is 9.72. The van der Waals surface area contributed by atoms with Crippen LogP contribution in [0.2, 0.25) is 10.0 Å². The topological polar surface area (TPSA) is 46.4 Å². The van der Waals surface area contributed by atoms with Crippen molar-refractivity contribution < 1.29 is 4.79 Å². The van der Waals surface area contributed by atoms with Gasteiger partial charge in [0.15, 0.2) is 0 Å². The second-order valence-electron chi connectivity index (χ2n) is 12.0. The Labute approximate surface area is 261 Å². The van der Waals surface area contributed by atoms with Crippen molar-refractivity contribution in [2.45, 2.75) is 46.6 Å². The van der Waals surface area contributed by atoms with Crippen LogP contribution in [0, 0.1) is 11.3 Å². The van der Waals surface area contributed by atoms with Gasteiger partial charge in [-0.1, -0.05) is 86.4 Å². The van der Waals surface area contributed by atoms with E-state index < -0.39 is 0 Å². The van der Waals surface area contributed by atoms with Crippen LogP contribution in [0.1, 0.15) is 59.1 Å². The monoisotopic (exact) mass is 613 g/mol. The number of carbonyl (C=O) groups is 1. The van der Waals surface area contributed by atoms with Crippen molar-refractivity contribution in [1.82, 2.24) is 4.57 Å². The number of para-hydroxylation sites is 2. The van der Waals surface area contributed by atoms with E-state index in [-0.39, 0.29) is 11.3 Å². The van der Waals surface area contributed by atoms with Crippen LogP contribution in [-0.4, -0.2) is 16.7 Å². The minimum Gasteiger partial charge on any atom is -0.342 e. The average molecular weight is 615 g/mol. The minimum absolute atomic E-state index is 0.0973. The molecule has 0 fully saturated rings. The Morgan fingerprint density at radius 1 is 1.07 bits per heavy atom. The number of amides is 1. The highest BCUT2D eigenvalue weighted by Crippen LogP contribution is 2.45. The van der Waals surface area contributed by atoms with Crippen LogP contribution in [0.4, 0.5) is 10.7 Å². The number of aromatic nitrogens is 1. The van der Waals surface area contributed by atoms with Crippen LogP contribution in [0.15, 0.2) is 84.0 Å². The van der Waals surface area contributed by atoms with Crippen LogP contribution >= 0.6 is 34.5 Å². The Hall–Kier alpha value is -3.38. The number of thiophene rings is 1. The van der Waals surface area contributed by atoms with Crippen molar-refractivity contribution in [1.29, 1.82) is 0 Å². The van der Waals surface area contributed by atoms with Crippen molar-refractivity contribution in [2.24, 2.45) is 16.3 Å². The second kappa shape index (κ2) is 11.7. The maximum atomic E-state index is 13.7. The van der Waals surface area contributed by atoms with Crippen molar-refractivity contribution in [3.63, 3.8) is 0 Å². The average Bonchev–Trinajstić information content (AvgIpc) is 3.51. The Morgan fingerprint density at radius 3 is 2.60 bits per heavy atom. The molecular formula is C35H33Cl2N3OS. The van der Waals surface area contributed by atoms with Crippen molar-refractivity contribution in [2.75, 3.05) is 5.32 Å². The maximum absolute atomic E-state index is 13.7. The summed E-state index contributed by atoms with van der Waals surface area (Å²) in [6, 6.07) is 23.5. The number of nitrogens with zero attached hydrogens (tertiary/aromatic N) is 2. The third-order valence-electron chi connectivity index (χ3n) is 8.23. The van der Waals surface area contributed by atoms with Gasteiger partial charge in [-0.3, -0.25) is 4.79 Å². The number of halogens is 2. The third-order valence-corrected chi connectivity index (χ3v) is 9.98. The van der Waals surface area contributed by atoms with Gasteiger partial charge in [0.25, 0.3) is 5.91 Å². The first kappa shape index (κ1) is 28.7. The zero-order chi connectivity index (χ0) is 29.4. The van der Waals surface area contributed by atoms with Gasteiger partial charge in [-0.15, -0.1) is 11.3 Å². The molecule has 4 nitrogen and oxygen atoms in total. The van der Waals surface area contributed by atoms with E-state index in [1.807, 2.05) is 60.8 Å². The number of fused-ring (bicyclic) bond motifs is 2. The molecule has 0 bridgehead atoms. The summed E-state index contributed by atoms with van der Waals surface area (Å²) >= 11 is 14.3. The Balaban J connectivity index is 1.38. The summed E-state index contributed by atoms with van der Waals surface area (Å²) in [4.78, 5) is 20.0. The standard InChI is InChI=1S/C35H33Cl2N3OS/c1-35(2,3)24-14-16-28-31(17-24)42-34(32(28)33(41)39-26-9-5-4-6-10-26)38-19-23-21-40(30-12-8-7-11-27(23)30)20-22-13-15-25(36)18-29(22)37/h4-13,15,18-19,21,24H,14,16-17,20H2,1-3H3,(H,39,41)/t24-/m0/s1. The molecule has 1 atom stereocenters. The largest absolute Gasteiger partial charge is 0.342 e. The summed E-state index contributed by atoms with van der Waals surface area (Å²) in [6.07, 6.45) is 6.95. The number of benzene rings is 3. The number of hydrogen-bond donors (Lipinski definition) is 1. The van der Waals surface area contributed by atoms with E-state index >= 15 is 0 Å². The molecule has 5 aromatic rings. The SMILES string of the molecule is CC(C)(C)[C@H]1CCc2c(sc(N=Cc3cn(Cc4ccc(Cl)cc4Cl)c4ccccc34)c2C(=O)Nc2ccccc2)C1. The zero-order valence-electron chi connectivity index (χ0n) is 24.0. The van der Waals surface area contributed by atoms with Gasteiger partial charge in [-0.2, -0.15) is 0 Å². The Bertz CT molecular complexity index is 1800. The van der Waals surface area contributed by atoms with Crippen molar-refractivity contribution in [3.8, 4) is 0 Å². The van der Waals surface area contributed by atoms with Crippen molar-refractivity contribution in [3.05, 3.63) is 116 Å². The van der Waals surface area contributed by atoms with Gasteiger partial charge < -0.3 is 9.88 Å². The first-order chi connectivity index (χ1) is 20.2. The van der Waals surface area contributed by atoms with Crippen LogP contribution in [-0.2, 0) is 19.4 Å². The Morgan fingerprint density at radius 2 is 1.83 bits per heavy atom. The molecule has 0 saturated heterocycles. The van der Waals surface area contributed by atoms with Gasteiger partial charge in [0.2, 0.25) is 0 Å². The highest BCUT2D eigenvalue weighted by atomic mass is 35.5. The smallest absolute Gasteiger partial charge is 0.259 e. The number of carbonyl (C=O) groups excluding carboxylic acids is 1. The van der Waals surface area contributed by atoms with E-state index in [0.29, 0.717) is 28.1 Å². The van der Waals surface area contributed by atoms with Gasteiger partial charge in [0.1, 0.15) is 5.00 Å². The van der Waals surface area contributed by atoms with Gasteiger partial charge in [0.05, 0.1) is 5.56 Å². The molecule has 1 N–H and O–H groups in total. The number of anilines is 1. The molecule has 2 aromatic heterocycles. The lowest BCUT2D eigenvalue weighted by Crippen LogP contribution is -2.27. The lowest BCUT2D eigenvalue weighted by Gasteiger charge is -2.33. The first-order valence-electron chi connectivity index (χ1n) is 14.2. The highest BCUT2D eigenvalue weighted by molar-refractivity contribution is 7.16. The molecule has 214 valence electrons. The van der Waals surface area contributed by atoms with E-state index in [1.54, 1.807) is 17.4 Å². The van der Waals surface area contributed by atoms with E-state index in [1.165, 1.54) is 4.88 Å². The van der Waals surface area contributed by atoms with Gasteiger partial charge in [-0.05, 0) is 72.1 Å². The van der Waals surface area contributed by atoms with Gasteiger partial charge in [-0.25, -0.2) is 4.99 Å². The zero-order valence-corrected chi connectivity index (χ0v) is 26.3. The molecule has 2 heterocycles. The molecule has 0 radical (unpaired) electrons. The summed E-state index contributed by atoms with van der Waals surface area (Å²) in [5, 5.41) is 6.23. The first-order valence-corrected chi connectivity index (χ1v) is 15.8. The molecule has 0 saturated carbocycles. The van der Waals surface area contributed by atoms with Crippen LogP contribution in [0.3, 0.4) is 0 Å².